The molecule has 19 heavy (non-hydrogen) atoms. The average molecular weight is 270 g/mol. The van der Waals surface area contributed by atoms with Gasteiger partial charge in [0.2, 0.25) is 5.91 Å². The van der Waals surface area contributed by atoms with Crippen LogP contribution >= 0.6 is 0 Å². The number of hydrogen-bond acceptors (Lipinski definition) is 4. The second-order valence-electron chi connectivity index (χ2n) is 5.83. The summed E-state index contributed by atoms with van der Waals surface area (Å²) in [5, 5.41) is 3.20. The number of nitrogens with one attached hydrogen (secondary N) is 1. The summed E-state index contributed by atoms with van der Waals surface area (Å²) in [6, 6.07) is 0. The van der Waals surface area contributed by atoms with Crippen molar-refractivity contribution in [3.63, 3.8) is 0 Å². The van der Waals surface area contributed by atoms with Crippen molar-refractivity contribution in [2.45, 2.75) is 38.6 Å². The molecule has 5 heteroatoms. The second kappa shape index (κ2) is 7.82. The van der Waals surface area contributed by atoms with E-state index in [4.69, 9.17) is 5.73 Å². The lowest BCUT2D eigenvalue weighted by Gasteiger charge is -2.29. The van der Waals surface area contributed by atoms with Gasteiger partial charge in [0.1, 0.15) is 0 Å². The third-order valence-corrected chi connectivity index (χ3v) is 4.10. The molecule has 1 heterocycles. The van der Waals surface area contributed by atoms with Crippen LogP contribution in [0.3, 0.4) is 0 Å². The maximum Gasteiger partial charge on any atom is 0.237 e. The average Bonchev–Trinajstić information content (AvgIpc) is 2.87. The molecule has 0 radical (unpaired) electrons. The SMILES string of the molecule is CCNC(C)(CCN(C)CCN1CCCC1)C(N)=O. The van der Waals surface area contributed by atoms with Crippen molar-refractivity contribution in [3.05, 3.63) is 0 Å². The lowest BCUT2D eigenvalue weighted by Crippen LogP contribution is -2.54. The summed E-state index contributed by atoms with van der Waals surface area (Å²) in [4.78, 5) is 16.3. The highest BCUT2D eigenvalue weighted by Gasteiger charge is 2.29. The Morgan fingerprint density at radius 2 is 2.00 bits per heavy atom. The van der Waals surface area contributed by atoms with Crippen molar-refractivity contribution in [2.24, 2.45) is 5.73 Å². The van der Waals surface area contributed by atoms with Crippen LogP contribution in [0.1, 0.15) is 33.1 Å². The highest BCUT2D eigenvalue weighted by atomic mass is 16.1. The Hall–Kier alpha value is -0.650. The zero-order valence-electron chi connectivity index (χ0n) is 12.7. The first-order valence-electron chi connectivity index (χ1n) is 7.44. The Balaban J connectivity index is 2.26. The standard InChI is InChI=1S/C14H30N4O/c1-4-16-14(2,13(15)19)7-10-17(3)11-12-18-8-5-6-9-18/h16H,4-12H2,1-3H3,(H2,15,19). The number of likely N-dealkylation sites (N-methyl/N-ethyl adjacent to an activating group) is 2. The molecule has 1 aliphatic heterocycles. The normalized spacial score (nSPS) is 19.8. The van der Waals surface area contributed by atoms with Crippen molar-refractivity contribution >= 4 is 5.91 Å². The summed E-state index contributed by atoms with van der Waals surface area (Å²) in [7, 11) is 2.11. The van der Waals surface area contributed by atoms with Gasteiger partial charge in [-0.15, -0.1) is 0 Å². The first-order valence-corrected chi connectivity index (χ1v) is 7.44. The third kappa shape index (κ3) is 5.47. The molecule has 0 aliphatic carbocycles. The van der Waals surface area contributed by atoms with E-state index in [-0.39, 0.29) is 5.91 Å². The summed E-state index contributed by atoms with van der Waals surface area (Å²) in [5.41, 5.74) is 4.90. The van der Waals surface area contributed by atoms with E-state index in [1.54, 1.807) is 0 Å². The zero-order chi connectivity index (χ0) is 14.3. The van der Waals surface area contributed by atoms with Gasteiger partial charge in [0.25, 0.3) is 0 Å². The number of rotatable bonds is 9. The molecular weight excluding hydrogens is 240 g/mol. The minimum absolute atomic E-state index is 0.262. The van der Waals surface area contributed by atoms with E-state index in [1.807, 2.05) is 13.8 Å². The van der Waals surface area contributed by atoms with E-state index in [2.05, 4.69) is 22.2 Å². The maximum absolute atomic E-state index is 11.5. The highest BCUT2D eigenvalue weighted by Crippen LogP contribution is 2.10. The Morgan fingerprint density at radius 1 is 1.37 bits per heavy atom. The van der Waals surface area contributed by atoms with Crippen LogP contribution in [0.2, 0.25) is 0 Å². The van der Waals surface area contributed by atoms with E-state index < -0.39 is 5.54 Å². The third-order valence-electron chi connectivity index (χ3n) is 4.10. The van der Waals surface area contributed by atoms with Gasteiger partial charge >= 0.3 is 0 Å². The molecule has 1 unspecified atom stereocenters. The number of amides is 1. The van der Waals surface area contributed by atoms with Gasteiger partial charge in [-0.2, -0.15) is 0 Å². The largest absolute Gasteiger partial charge is 0.368 e. The molecule has 0 aromatic rings. The molecule has 0 aromatic heterocycles. The zero-order valence-corrected chi connectivity index (χ0v) is 12.7. The van der Waals surface area contributed by atoms with Crippen molar-refractivity contribution in [1.82, 2.24) is 15.1 Å². The number of likely N-dealkylation sites (tertiary alicyclic amines) is 1. The predicted octanol–water partition coefficient (Wildman–Crippen LogP) is 0.258. The van der Waals surface area contributed by atoms with Gasteiger partial charge in [-0.25, -0.2) is 0 Å². The Labute approximate surface area is 117 Å². The molecule has 5 nitrogen and oxygen atoms in total. The summed E-state index contributed by atoms with van der Waals surface area (Å²) >= 11 is 0. The summed E-state index contributed by atoms with van der Waals surface area (Å²) in [6.45, 7) is 10.2. The molecule has 0 saturated carbocycles. The molecule has 0 aromatic carbocycles. The van der Waals surface area contributed by atoms with Gasteiger partial charge in [0, 0.05) is 19.6 Å². The quantitative estimate of drug-likeness (QED) is 0.631. The molecule has 1 saturated heterocycles. The number of hydrogen-bond donors (Lipinski definition) is 2. The number of nitrogens with two attached hydrogens (primary N) is 1. The van der Waals surface area contributed by atoms with Gasteiger partial charge in [0.05, 0.1) is 5.54 Å². The van der Waals surface area contributed by atoms with E-state index >= 15 is 0 Å². The lowest BCUT2D eigenvalue weighted by molar-refractivity contribution is -0.124. The van der Waals surface area contributed by atoms with Gasteiger partial charge in [-0.3, -0.25) is 4.79 Å². The van der Waals surface area contributed by atoms with Crippen molar-refractivity contribution < 1.29 is 4.79 Å². The fourth-order valence-corrected chi connectivity index (χ4v) is 2.53. The van der Waals surface area contributed by atoms with Crippen molar-refractivity contribution in [1.29, 1.82) is 0 Å². The molecular formula is C14H30N4O. The van der Waals surface area contributed by atoms with Gasteiger partial charge in [-0.1, -0.05) is 6.92 Å². The molecule has 1 amide bonds. The van der Waals surface area contributed by atoms with Gasteiger partial charge in [-0.05, 0) is 52.9 Å². The molecule has 1 rings (SSSR count). The fourth-order valence-electron chi connectivity index (χ4n) is 2.53. The fraction of sp³-hybridized carbons (Fsp3) is 0.929. The molecule has 1 fully saturated rings. The number of primary amides is 1. The molecule has 3 N–H and O–H groups in total. The van der Waals surface area contributed by atoms with Crippen LogP contribution < -0.4 is 11.1 Å². The Morgan fingerprint density at radius 3 is 2.53 bits per heavy atom. The van der Waals surface area contributed by atoms with E-state index in [1.165, 1.54) is 25.9 Å². The summed E-state index contributed by atoms with van der Waals surface area (Å²) in [6.07, 6.45) is 3.43. The van der Waals surface area contributed by atoms with Crippen molar-refractivity contribution in [3.8, 4) is 0 Å². The topological polar surface area (TPSA) is 61.6 Å². The molecule has 1 aliphatic rings. The molecule has 1 atom stereocenters. The van der Waals surface area contributed by atoms with Gasteiger partial charge in [0.15, 0.2) is 0 Å². The number of carbonyl (C=O) groups is 1. The Bertz CT molecular complexity index is 279. The maximum atomic E-state index is 11.5. The van der Waals surface area contributed by atoms with Crippen LogP contribution in [-0.2, 0) is 4.79 Å². The second-order valence-corrected chi connectivity index (χ2v) is 5.83. The number of nitrogens with zero attached hydrogens (tertiary/aromatic N) is 2. The van der Waals surface area contributed by atoms with E-state index in [0.29, 0.717) is 0 Å². The van der Waals surface area contributed by atoms with Crippen LogP contribution in [0.25, 0.3) is 0 Å². The van der Waals surface area contributed by atoms with Crippen LogP contribution in [0, 0.1) is 0 Å². The smallest absolute Gasteiger partial charge is 0.237 e. The minimum Gasteiger partial charge on any atom is -0.368 e. The van der Waals surface area contributed by atoms with Crippen LogP contribution in [-0.4, -0.2) is 67.6 Å². The van der Waals surface area contributed by atoms with Crippen LogP contribution in [0.15, 0.2) is 0 Å². The van der Waals surface area contributed by atoms with Crippen LogP contribution in [0.5, 0.6) is 0 Å². The highest BCUT2D eigenvalue weighted by molar-refractivity contribution is 5.84. The minimum atomic E-state index is -0.587. The van der Waals surface area contributed by atoms with Crippen LogP contribution in [0.4, 0.5) is 0 Å². The lowest BCUT2D eigenvalue weighted by atomic mass is 9.96. The molecule has 112 valence electrons. The Kier molecular flexibility index (Phi) is 6.75. The first-order chi connectivity index (χ1) is 8.98. The first kappa shape index (κ1) is 16.4. The molecule has 0 spiro atoms. The summed E-state index contributed by atoms with van der Waals surface area (Å²) < 4.78 is 0. The number of carbonyl (C=O) groups excluding carboxylic acids is 1. The monoisotopic (exact) mass is 270 g/mol. The predicted molar refractivity (Wildman–Crippen MR) is 79.1 cm³/mol. The van der Waals surface area contributed by atoms with E-state index in [0.717, 1.165) is 32.6 Å². The van der Waals surface area contributed by atoms with Gasteiger partial charge < -0.3 is 20.9 Å². The summed E-state index contributed by atoms with van der Waals surface area (Å²) in [5.74, 6) is -0.262. The van der Waals surface area contributed by atoms with E-state index in [9.17, 15) is 4.79 Å². The van der Waals surface area contributed by atoms with Crippen molar-refractivity contribution in [2.75, 3.05) is 46.3 Å². The molecule has 0 bridgehead atoms.